The van der Waals surface area contributed by atoms with Crippen LogP contribution in [0.1, 0.15) is 16.9 Å². The Kier molecular flexibility index (Phi) is 4.35. The van der Waals surface area contributed by atoms with E-state index in [1.54, 1.807) is 12.1 Å². The molecular formula is C15H17F3N4O2. The summed E-state index contributed by atoms with van der Waals surface area (Å²) in [6.45, 7) is 0.895. The van der Waals surface area contributed by atoms with Crippen LogP contribution in [0, 0.1) is 0 Å². The lowest BCUT2D eigenvalue weighted by Crippen LogP contribution is -2.37. The number of carboxylic acid groups (broad SMARTS) is 1. The first-order chi connectivity index (χ1) is 11.3. The van der Waals surface area contributed by atoms with Gasteiger partial charge in [0.15, 0.2) is 5.69 Å². The van der Waals surface area contributed by atoms with Crippen LogP contribution in [-0.2, 0) is 0 Å². The van der Waals surface area contributed by atoms with E-state index in [-0.39, 0.29) is 5.69 Å². The van der Waals surface area contributed by atoms with Crippen LogP contribution in [0.4, 0.5) is 18.9 Å². The Balaban J connectivity index is 1.78. The van der Waals surface area contributed by atoms with Gasteiger partial charge in [0.05, 0.1) is 12.1 Å². The molecule has 0 atom stereocenters. The standard InChI is InChI=1S/C15H17F3N4O2/c16-15(17,18)9-21-4-1-5-22(7-6-21)10-2-3-12-11(8-10)13(14(23)24)20-19-12/h2-3,8H,1,4-7,9H2,(H,19,20)(H,23,24). The smallest absolute Gasteiger partial charge is 0.401 e. The number of benzene rings is 1. The molecule has 0 bridgehead atoms. The summed E-state index contributed by atoms with van der Waals surface area (Å²) < 4.78 is 37.6. The molecule has 1 aliphatic heterocycles. The van der Waals surface area contributed by atoms with Gasteiger partial charge in [-0.2, -0.15) is 18.3 Å². The largest absolute Gasteiger partial charge is 0.476 e. The van der Waals surface area contributed by atoms with Crippen molar-refractivity contribution in [2.24, 2.45) is 0 Å². The van der Waals surface area contributed by atoms with E-state index in [4.69, 9.17) is 5.11 Å². The Morgan fingerprint density at radius 1 is 1.25 bits per heavy atom. The van der Waals surface area contributed by atoms with Gasteiger partial charge in [-0.05, 0) is 24.6 Å². The van der Waals surface area contributed by atoms with Crippen LogP contribution in [0.5, 0.6) is 0 Å². The van der Waals surface area contributed by atoms with Crippen LogP contribution < -0.4 is 4.90 Å². The summed E-state index contributed by atoms with van der Waals surface area (Å²) in [7, 11) is 0. The quantitative estimate of drug-likeness (QED) is 0.896. The lowest BCUT2D eigenvalue weighted by Gasteiger charge is -2.24. The summed E-state index contributed by atoms with van der Waals surface area (Å²) in [5.41, 5.74) is 1.35. The van der Waals surface area contributed by atoms with E-state index >= 15 is 0 Å². The van der Waals surface area contributed by atoms with Crippen LogP contribution in [0.25, 0.3) is 10.9 Å². The average Bonchev–Trinajstić information content (AvgIpc) is 2.79. The predicted molar refractivity (Wildman–Crippen MR) is 82.4 cm³/mol. The lowest BCUT2D eigenvalue weighted by molar-refractivity contribution is -0.145. The zero-order valence-electron chi connectivity index (χ0n) is 12.8. The molecule has 0 radical (unpaired) electrons. The number of hydrogen-bond donors (Lipinski definition) is 2. The van der Waals surface area contributed by atoms with Crippen LogP contribution in [0.15, 0.2) is 18.2 Å². The number of alkyl halides is 3. The molecule has 0 spiro atoms. The van der Waals surface area contributed by atoms with Gasteiger partial charge in [0, 0.05) is 37.3 Å². The van der Waals surface area contributed by atoms with E-state index < -0.39 is 18.7 Å². The zero-order chi connectivity index (χ0) is 17.3. The molecule has 0 unspecified atom stereocenters. The first kappa shape index (κ1) is 16.6. The van der Waals surface area contributed by atoms with Gasteiger partial charge in [0.1, 0.15) is 0 Å². The minimum atomic E-state index is -4.19. The van der Waals surface area contributed by atoms with Crippen molar-refractivity contribution in [3.8, 4) is 0 Å². The first-order valence-electron chi connectivity index (χ1n) is 7.59. The highest BCUT2D eigenvalue weighted by atomic mass is 19.4. The first-order valence-corrected chi connectivity index (χ1v) is 7.59. The number of hydrogen-bond acceptors (Lipinski definition) is 4. The third-order valence-electron chi connectivity index (χ3n) is 4.11. The second-order valence-corrected chi connectivity index (χ2v) is 5.84. The highest BCUT2D eigenvalue weighted by Gasteiger charge is 2.31. The van der Waals surface area contributed by atoms with Crippen molar-refractivity contribution in [3.05, 3.63) is 23.9 Å². The van der Waals surface area contributed by atoms with E-state index in [0.717, 1.165) is 5.69 Å². The number of rotatable bonds is 3. The van der Waals surface area contributed by atoms with Crippen molar-refractivity contribution in [2.45, 2.75) is 12.6 Å². The van der Waals surface area contributed by atoms with Gasteiger partial charge in [0.25, 0.3) is 0 Å². The van der Waals surface area contributed by atoms with Crippen molar-refractivity contribution in [2.75, 3.05) is 37.6 Å². The van der Waals surface area contributed by atoms with Gasteiger partial charge in [-0.15, -0.1) is 0 Å². The molecule has 1 aliphatic rings. The maximum absolute atomic E-state index is 12.5. The van der Waals surface area contributed by atoms with E-state index in [1.165, 1.54) is 4.90 Å². The van der Waals surface area contributed by atoms with Crippen molar-refractivity contribution in [1.29, 1.82) is 0 Å². The van der Waals surface area contributed by atoms with Crippen molar-refractivity contribution in [3.63, 3.8) is 0 Å². The fraction of sp³-hybridized carbons (Fsp3) is 0.467. The van der Waals surface area contributed by atoms with E-state index in [9.17, 15) is 18.0 Å². The van der Waals surface area contributed by atoms with Crippen molar-refractivity contribution < 1.29 is 23.1 Å². The van der Waals surface area contributed by atoms with Gasteiger partial charge in [-0.25, -0.2) is 4.79 Å². The number of nitrogens with zero attached hydrogens (tertiary/aromatic N) is 3. The minimum absolute atomic E-state index is 0.0552. The summed E-state index contributed by atoms with van der Waals surface area (Å²) >= 11 is 0. The molecule has 24 heavy (non-hydrogen) atoms. The number of carboxylic acids is 1. The number of halogens is 3. The molecule has 1 aromatic carbocycles. The SMILES string of the molecule is O=C(O)c1n[nH]c2ccc(N3CCCN(CC(F)(F)F)CC3)cc12. The van der Waals surface area contributed by atoms with Crippen molar-refractivity contribution in [1.82, 2.24) is 15.1 Å². The zero-order valence-corrected chi connectivity index (χ0v) is 12.8. The second-order valence-electron chi connectivity index (χ2n) is 5.84. The van der Waals surface area contributed by atoms with Crippen LogP contribution in [-0.4, -0.2) is 65.1 Å². The van der Waals surface area contributed by atoms with E-state index in [2.05, 4.69) is 10.2 Å². The fourth-order valence-corrected chi connectivity index (χ4v) is 3.00. The number of fused-ring (bicyclic) bond motifs is 1. The van der Waals surface area contributed by atoms with Gasteiger partial charge in [-0.3, -0.25) is 10.00 Å². The highest BCUT2D eigenvalue weighted by molar-refractivity contribution is 6.01. The molecule has 1 saturated heterocycles. The van der Waals surface area contributed by atoms with Crippen LogP contribution in [0.3, 0.4) is 0 Å². The number of H-pyrrole nitrogens is 1. The molecule has 130 valence electrons. The second kappa shape index (κ2) is 6.31. The van der Waals surface area contributed by atoms with Gasteiger partial charge < -0.3 is 10.0 Å². The lowest BCUT2D eigenvalue weighted by atomic mass is 10.1. The Labute approximate surface area is 135 Å². The van der Waals surface area contributed by atoms with Crippen LogP contribution >= 0.6 is 0 Å². The summed E-state index contributed by atoms with van der Waals surface area (Å²) in [4.78, 5) is 14.6. The number of aromatic carboxylic acids is 1. The van der Waals surface area contributed by atoms with E-state index in [0.29, 0.717) is 43.5 Å². The van der Waals surface area contributed by atoms with Gasteiger partial charge in [-0.1, -0.05) is 0 Å². The number of aromatic amines is 1. The van der Waals surface area contributed by atoms with Crippen LogP contribution in [0.2, 0.25) is 0 Å². The van der Waals surface area contributed by atoms with E-state index in [1.807, 2.05) is 11.0 Å². The molecule has 0 amide bonds. The summed E-state index contributed by atoms with van der Waals surface area (Å²) in [5.74, 6) is -1.12. The third kappa shape index (κ3) is 3.61. The highest BCUT2D eigenvalue weighted by Crippen LogP contribution is 2.25. The molecule has 1 fully saturated rings. The summed E-state index contributed by atoms with van der Waals surface area (Å²) in [5, 5.41) is 16.1. The summed E-state index contributed by atoms with van der Waals surface area (Å²) in [6.07, 6.45) is -3.58. The molecule has 0 aliphatic carbocycles. The predicted octanol–water partition coefficient (Wildman–Crippen LogP) is 2.34. The molecule has 0 saturated carbocycles. The topological polar surface area (TPSA) is 72.5 Å². The third-order valence-corrected chi connectivity index (χ3v) is 4.11. The maximum atomic E-state index is 12.5. The maximum Gasteiger partial charge on any atom is 0.401 e. The van der Waals surface area contributed by atoms with Gasteiger partial charge >= 0.3 is 12.1 Å². The molecule has 2 N–H and O–H groups in total. The molecule has 6 nitrogen and oxygen atoms in total. The molecular weight excluding hydrogens is 325 g/mol. The Bertz CT molecular complexity index is 744. The number of anilines is 1. The molecule has 3 rings (SSSR count). The monoisotopic (exact) mass is 342 g/mol. The minimum Gasteiger partial charge on any atom is -0.476 e. The molecule has 2 aromatic rings. The molecule has 1 aromatic heterocycles. The molecule has 9 heteroatoms. The number of carbonyl (C=O) groups is 1. The fourth-order valence-electron chi connectivity index (χ4n) is 3.00. The van der Waals surface area contributed by atoms with Gasteiger partial charge in [0.2, 0.25) is 0 Å². The number of nitrogens with one attached hydrogen (secondary N) is 1. The Morgan fingerprint density at radius 2 is 2.04 bits per heavy atom. The molecule has 2 heterocycles. The average molecular weight is 342 g/mol. The van der Waals surface area contributed by atoms with Crippen molar-refractivity contribution >= 4 is 22.6 Å². The normalized spacial score (nSPS) is 17.2. The Hall–Kier alpha value is -2.29. The summed E-state index contributed by atoms with van der Waals surface area (Å²) in [6, 6.07) is 5.29. The number of aromatic nitrogens is 2. The Morgan fingerprint density at radius 3 is 2.75 bits per heavy atom.